The van der Waals surface area contributed by atoms with E-state index in [1.165, 1.54) is 12.8 Å². The summed E-state index contributed by atoms with van der Waals surface area (Å²) in [4.78, 5) is 2.41. The summed E-state index contributed by atoms with van der Waals surface area (Å²) >= 11 is 0. The van der Waals surface area contributed by atoms with Crippen molar-refractivity contribution in [2.75, 3.05) is 19.6 Å². The summed E-state index contributed by atoms with van der Waals surface area (Å²) in [7, 11) is 0. The molecule has 1 aliphatic rings. The predicted molar refractivity (Wildman–Crippen MR) is 69.3 cm³/mol. The van der Waals surface area contributed by atoms with Crippen LogP contribution in [-0.2, 0) is 4.74 Å². The van der Waals surface area contributed by atoms with Crippen LogP contribution in [0.2, 0.25) is 0 Å². The minimum atomic E-state index is -0.128. The van der Waals surface area contributed by atoms with Crippen LogP contribution in [0.1, 0.15) is 33.6 Å². The van der Waals surface area contributed by atoms with Gasteiger partial charge in [0.25, 0.3) is 0 Å². The van der Waals surface area contributed by atoms with Crippen molar-refractivity contribution in [3.63, 3.8) is 0 Å². The number of nitrogens with zero attached hydrogens (tertiary/aromatic N) is 1. The Kier molecular flexibility index (Phi) is 4.60. The second-order valence-corrected chi connectivity index (χ2v) is 5.60. The molecule has 2 nitrogen and oxygen atoms in total. The Morgan fingerprint density at radius 2 is 1.94 bits per heavy atom. The molecule has 1 rings (SSSR count). The van der Waals surface area contributed by atoms with Crippen LogP contribution in [-0.4, -0.2) is 30.1 Å². The molecule has 0 atom stereocenters. The van der Waals surface area contributed by atoms with Gasteiger partial charge in [0.15, 0.2) is 0 Å². The van der Waals surface area contributed by atoms with E-state index in [1.54, 1.807) is 0 Å². The van der Waals surface area contributed by atoms with Gasteiger partial charge in [-0.1, -0.05) is 12.7 Å². The van der Waals surface area contributed by atoms with Crippen molar-refractivity contribution in [1.82, 2.24) is 4.90 Å². The van der Waals surface area contributed by atoms with Gasteiger partial charge in [-0.25, -0.2) is 0 Å². The second-order valence-electron chi connectivity index (χ2n) is 5.60. The molecular weight excluding hydrogens is 198 g/mol. The second kappa shape index (κ2) is 5.53. The third-order valence-electron chi connectivity index (χ3n) is 2.82. The van der Waals surface area contributed by atoms with Gasteiger partial charge in [0.05, 0.1) is 6.54 Å². The first-order valence-electron chi connectivity index (χ1n) is 6.12. The molecule has 2 heteroatoms. The van der Waals surface area contributed by atoms with Crippen molar-refractivity contribution in [2.24, 2.45) is 5.92 Å². The molecule has 0 amide bonds. The summed E-state index contributed by atoms with van der Waals surface area (Å²) in [5.41, 5.74) is -0.128. The van der Waals surface area contributed by atoms with E-state index in [4.69, 9.17) is 4.74 Å². The molecule has 16 heavy (non-hydrogen) atoms. The van der Waals surface area contributed by atoms with E-state index in [0.29, 0.717) is 5.92 Å². The Hall–Kier alpha value is -0.760. The summed E-state index contributed by atoms with van der Waals surface area (Å²) in [6.45, 7) is 17.1. The van der Waals surface area contributed by atoms with E-state index in [9.17, 15) is 0 Å². The molecule has 0 spiro atoms. The van der Waals surface area contributed by atoms with Crippen LogP contribution in [0.3, 0.4) is 0 Å². The highest BCUT2D eigenvalue weighted by Gasteiger charge is 2.19. The number of hydrogen-bond donors (Lipinski definition) is 0. The van der Waals surface area contributed by atoms with Crippen molar-refractivity contribution in [1.29, 1.82) is 0 Å². The lowest BCUT2D eigenvalue weighted by Crippen LogP contribution is -2.35. The van der Waals surface area contributed by atoms with Crippen molar-refractivity contribution in [3.05, 3.63) is 25.0 Å². The Morgan fingerprint density at radius 3 is 2.38 bits per heavy atom. The fourth-order valence-electron chi connectivity index (χ4n) is 2.06. The van der Waals surface area contributed by atoms with Gasteiger partial charge < -0.3 is 4.74 Å². The predicted octanol–water partition coefficient (Wildman–Crippen LogP) is 3.21. The van der Waals surface area contributed by atoms with E-state index in [2.05, 4.69) is 44.9 Å². The SMILES string of the molecule is C=CC1CCN(CC(=C)OC(C)(C)C)CC1. The molecule has 0 aliphatic carbocycles. The van der Waals surface area contributed by atoms with E-state index in [-0.39, 0.29) is 5.60 Å². The highest BCUT2D eigenvalue weighted by Crippen LogP contribution is 2.19. The van der Waals surface area contributed by atoms with Crippen LogP contribution in [0.15, 0.2) is 25.0 Å². The van der Waals surface area contributed by atoms with Gasteiger partial charge in [0.1, 0.15) is 11.4 Å². The molecule has 92 valence electrons. The zero-order chi connectivity index (χ0) is 12.2. The highest BCUT2D eigenvalue weighted by molar-refractivity contribution is 4.92. The number of ether oxygens (including phenoxy) is 1. The lowest BCUT2D eigenvalue weighted by molar-refractivity contribution is 0.0367. The van der Waals surface area contributed by atoms with Crippen molar-refractivity contribution in [3.8, 4) is 0 Å². The molecule has 1 aliphatic heterocycles. The summed E-state index contributed by atoms with van der Waals surface area (Å²) in [6, 6.07) is 0. The third kappa shape index (κ3) is 4.84. The van der Waals surface area contributed by atoms with Crippen LogP contribution in [0, 0.1) is 5.92 Å². The maximum atomic E-state index is 5.74. The van der Waals surface area contributed by atoms with E-state index >= 15 is 0 Å². The maximum Gasteiger partial charge on any atom is 0.104 e. The lowest BCUT2D eigenvalue weighted by Gasteiger charge is -2.32. The van der Waals surface area contributed by atoms with Crippen LogP contribution in [0.25, 0.3) is 0 Å². The molecule has 0 N–H and O–H groups in total. The van der Waals surface area contributed by atoms with Crippen molar-refractivity contribution >= 4 is 0 Å². The smallest absolute Gasteiger partial charge is 0.104 e. The Bertz CT molecular complexity index is 244. The molecule has 0 unspecified atom stereocenters. The summed E-state index contributed by atoms with van der Waals surface area (Å²) in [5.74, 6) is 1.58. The van der Waals surface area contributed by atoms with E-state index in [1.807, 2.05) is 0 Å². The molecule has 0 aromatic carbocycles. The topological polar surface area (TPSA) is 12.5 Å². The first-order valence-corrected chi connectivity index (χ1v) is 6.12. The van der Waals surface area contributed by atoms with E-state index < -0.39 is 0 Å². The first-order chi connectivity index (χ1) is 7.40. The van der Waals surface area contributed by atoms with Gasteiger partial charge in [-0.3, -0.25) is 4.90 Å². The van der Waals surface area contributed by atoms with Gasteiger partial charge in [0, 0.05) is 0 Å². The average molecular weight is 223 g/mol. The number of piperidine rings is 1. The molecule has 1 heterocycles. The van der Waals surface area contributed by atoms with E-state index in [0.717, 1.165) is 25.4 Å². The average Bonchev–Trinajstić information content (AvgIpc) is 2.16. The number of likely N-dealkylation sites (tertiary alicyclic amines) is 1. The quantitative estimate of drug-likeness (QED) is 0.536. The van der Waals surface area contributed by atoms with Gasteiger partial charge in [0.2, 0.25) is 0 Å². The monoisotopic (exact) mass is 223 g/mol. The highest BCUT2D eigenvalue weighted by atomic mass is 16.5. The molecule has 0 aromatic heterocycles. The summed E-state index contributed by atoms with van der Waals surface area (Å²) in [5, 5.41) is 0. The zero-order valence-electron chi connectivity index (χ0n) is 11.0. The first kappa shape index (κ1) is 13.3. The molecular formula is C14H25NO. The molecule has 1 fully saturated rings. The zero-order valence-corrected chi connectivity index (χ0v) is 11.0. The van der Waals surface area contributed by atoms with Crippen molar-refractivity contribution < 1.29 is 4.74 Å². The Morgan fingerprint density at radius 1 is 1.38 bits per heavy atom. The molecule has 0 bridgehead atoms. The molecule has 0 saturated carbocycles. The van der Waals surface area contributed by atoms with Crippen LogP contribution < -0.4 is 0 Å². The molecule has 0 aromatic rings. The van der Waals surface area contributed by atoms with Gasteiger partial charge in [-0.05, 0) is 52.6 Å². The lowest BCUT2D eigenvalue weighted by atomic mass is 9.97. The number of allylic oxidation sites excluding steroid dienone is 1. The van der Waals surface area contributed by atoms with Crippen LogP contribution >= 0.6 is 0 Å². The minimum absolute atomic E-state index is 0.128. The Labute approximate surface area is 100.0 Å². The van der Waals surface area contributed by atoms with Crippen LogP contribution in [0.5, 0.6) is 0 Å². The normalized spacial score (nSPS) is 19.4. The summed E-state index contributed by atoms with van der Waals surface area (Å²) < 4.78 is 5.74. The van der Waals surface area contributed by atoms with Gasteiger partial charge >= 0.3 is 0 Å². The molecule has 0 radical (unpaired) electrons. The van der Waals surface area contributed by atoms with Gasteiger partial charge in [-0.15, -0.1) is 6.58 Å². The third-order valence-corrected chi connectivity index (χ3v) is 2.82. The largest absolute Gasteiger partial charge is 0.492 e. The summed E-state index contributed by atoms with van der Waals surface area (Å²) in [6.07, 6.45) is 4.51. The number of hydrogen-bond acceptors (Lipinski definition) is 2. The molecule has 1 saturated heterocycles. The standard InChI is InChI=1S/C14H25NO/c1-6-13-7-9-15(10-8-13)11-12(2)16-14(3,4)5/h6,13H,1-2,7-11H2,3-5H3. The van der Waals surface area contributed by atoms with Crippen molar-refractivity contribution in [2.45, 2.75) is 39.2 Å². The Balaban J connectivity index is 2.28. The minimum Gasteiger partial charge on any atom is -0.492 e. The van der Waals surface area contributed by atoms with Gasteiger partial charge in [-0.2, -0.15) is 0 Å². The van der Waals surface area contributed by atoms with Crippen LogP contribution in [0.4, 0.5) is 0 Å². The fraction of sp³-hybridized carbons (Fsp3) is 0.714. The number of rotatable bonds is 4. The fourth-order valence-corrected chi connectivity index (χ4v) is 2.06. The maximum absolute atomic E-state index is 5.74.